The van der Waals surface area contributed by atoms with Crippen molar-refractivity contribution in [2.75, 3.05) is 13.2 Å². The highest BCUT2D eigenvalue weighted by atomic mass is 79.9. The molecule has 1 aromatic rings. The zero-order valence-corrected chi connectivity index (χ0v) is 10.5. The molecule has 0 aromatic heterocycles. The van der Waals surface area contributed by atoms with Crippen molar-refractivity contribution in [1.29, 1.82) is 0 Å². The van der Waals surface area contributed by atoms with Gasteiger partial charge in [0, 0.05) is 4.83 Å². The molecule has 0 N–H and O–H groups in total. The summed E-state index contributed by atoms with van der Waals surface area (Å²) in [5.41, 5.74) is 4.12. The molecular weight excluding hydrogens is 252 g/mol. The number of rotatable bonds is 2. The molecule has 80 valence electrons. The highest BCUT2D eigenvalue weighted by molar-refractivity contribution is 9.09. The fraction of sp³-hybridized carbons (Fsp3) is 0.385. The fourth-order valence-electron chi connectivity index (χ4n) is 1.95. The molecule has 1 atom stereocenters. The second-order valence-electron chi connectivity index (χ2n) is 3.79. The molecule has 1 aliphatic rings. The van der Waals surface area contributed by atoms with Crippen molar-refractivity contribution in [3.63, 3.8) is 0 Å². The van der Waals surface area contributed by atoms with E-state index in [2.05, 4.69) is 47.1 Å². The molecule has 15 heavy (non-hydrogen) atoms. The Balaban J connectivity index is 2.39. The van der Waals surface area contributed by atoms with Crippen molar-refractivity contribution in [3.05, 3.63) is 41.5 Å². The predicted octanol–water partition coefficient (Wildman–Crippen LogP) is 3.64. The number of alkyl halides is 1. The summed E-state index contributed by atoms with van der Waals surface area (Å²) in [4.78, 5) is 0.441. The van der Waals surface area contributed by atoms with Crippen LogP contribution in [0.5, 0.6) is 0 Å². The number of benzene rings is 1. The van der Waals surface area contributed by atoms with Crippen LogP contribution in [0.4, 0.5) is 0 Å². The van der Waals surface area contributed by atoms with Crippen LogP contribution in [-0.4, -0.2) is 18.0 Å². The molecule has 0 amide bonds. The summed E-state index contributed by atoms with van der Waals surface area (Å²) in [5, 5.41) is 0. The van der Waals surface area contributed by atoms with Gasteiger partial charge < -0.3 is 4.74 Å². The van der Waals surface area contributed by atoms with Gasteiger partial charge in [0.2, 0.25) is 0 Å². The van der Waals surface area contributed by atoms with Crippen molar-refractivity contribution < 1.29 is 4.74 Å². The van der Waals surface area contributed by atoms with Crippen molar-refractivity contribution >= 4 is 21.5 Å². The lowest BCUT2D eigenvalue weighted by atomic mass is 9.95. The van der Waals surface area contributed by atoms with Gasteiger partial charge in [0.05, 0.1) is 13.2 Å². The number of ether oxygens (including phenoxy) is 1. The van der Waals surface area contributed by atoms with E-state index in [4.69, 9.17) is 4.74 Å². The van der Waals surface area contributed by atoms with Crippen LogP contribution in [0.15, 0.2) is 35.9 Å². The molecule has 0 aliphatic carbocycles. The number of halogens is 1. The molecule has 0 spiro atoms. The van der Waals surface area contributed by atoms with Gasteiger partial charge in [-0.25, -0.2) is 0 Å². The van der Waals surface area contributed by atoms with Crippen LogP contribution in [0.3, 0.4) is 0 Å². The van der Waals surface area contributed by atoms with Gasteiger partial charge in [0.1, 0.15) is 0 Å². The third-order valence-electron chi connectivity index (χ3n) is 2.75. The van der Waals surface area contributed by atoms with Gasteiger partial charge in [-0.3, -0.25) is 0 Å². The summed E-state index contributed by atoms with van der Waals surface area (Å²) in [6, 6.07) is 10.5. The van der Waals surface area contributed by atoms with Crippen LogP contribution in [-0.2, 0) is 4.74 Å². The van der Waals surface area contributed by atoms with E-state index in [1.54, 1.807) is 0 Å². The van der Waals surface area contributed by atoms with E-state index >= 15 is 0 Å². The van der Waals surface area contributed by atoms with Crippen LogP contribution in [0.25, 0.3) is 5.57 Å². The summed E-state index contributed by atoms with van der Waals surface area (Å²) < 4.78 is 5.54. The molecule has 0 saturated carbocycles. The van der Waals surface area contributed by atoms with Gasteiger partial charge in [0.25, 0.3) is 0 Å². The Bertz CT molecular complexity index is 354. The maximum absolute atomic E-state index is 5.54. The summed E-state index contributed by atoms with van der Waals surface area (Å²) >= 11 is 3.66. The van der Waals surface area contributed by atoms with Gasteiger partial charge in [-0.15, -0.1) is 0 Å². The van der Waals surface area contributed by atoms with E-state index in [1.807, 2.05) is 6.07 Å². The first-order chi connectivity index (χ1) is 7.29. The van der Waals surface area contributed by atoms with Crippen LogP contribution >= 0.6 is 15.9 Å². The molecule has 0 radical (unpaired) electrons. The number of hydrogen-bond donors (Lipinski definition) is 0. The minimum Gasteiger partial charge on any atom is -0.376 e. The smallest absolute Gasteiger partial charge is 0.0722 e. The quantitative estimate of drug-likeness (QED) is 0.743. The van der Waals surface area contributed by atoms with E-state index in [0.717, 1.165) is 19.6 Å². The fourth-order valence-corrected chi connectivity index (χ4v) is 2.45. The lowest BCUT2D eigenvalue weighted by Crippen LogP contribution is -2.14. The lowest BCUT2D eigenvalue weighted by molar-refractivity contribution is 0.160. The molecule has 0 fully saturated rings. The largest absolute Gasteiger partial charge is 0.376 e. The van der Waals surface area contributed by atoms with Crippen LogP contribution in [0, 0.1) is 0 Å². The lowest BCUT2D eigenvalue weighted by Gasteiger charge is -2.23. The van der Waals surface area contributed by atoms with Crippen molar-refractivity contribution in [2.24, 2.45) is 0 Å². The third kappa shape index (κ3) is 2.50. The Morgan fingerprint density at radius 1 is 1.27 bits per heavy atom. The molecule has 1 unspecified atom stereocenters. The average Bonchev–Trinajstić information content (AvgIpc) is 2.30. The Morgan fingerprint density at radius 2 is 2.00 bits per heavy atom. The minimum absolute atomic E-state index is 0.441. The van der Waals surface area contributed by atoms with Crippen molar-refractivity contribution in [2.45, 2.75) is 18.2 Å². The minimum atomic E-state index is 0.441. The van der Waals surface area contributed by atoms with E-state index in [-0.39, 0.29) is 0 Å². The average molecular weight is 267 g/mol. The highest BCUT2D eigenvalue weighted by Crippen LogP contribution is 2.29. The van der Waals surface area contributed by atoms with Gasteiger partial charge in [-0.05, 0) is 30.1 Å². The molecule has 2 rings (SSSR count). The molecule has 1 nitrogen and oxygen atoms in total. The standard InChI is InChI=1S/C13H15BrO/c1-10(14)12-7-8-15-9-13(12)11-5-3-2-4-6-11/h2-6,10H,7-9H2,1H3. The second kappa shape index (κ2) is 4.95. The van der Waals surface area contributed by atoms with Crippen molar-refractivity contribution in [1.82, 2.24) is 0 Å². The van der Waals surface area contributed by atoms with E-state index in [1.165, 1.54) is 16.7 Å². The Morgan fingerprint density at radius 3 is 2.67 bits per heavy atom. The summed E-state index contributed by atoms with van der Waals surface area (Å²) in [7, 11) is 0. The van der Waals surface area contributed by atoms with E-state index in [9.17, 15) is 0 Å². The first kappa shape index (κ1) is 10.9. The Hall–Kier alpha value is -0.600. The first-order valence-electron chi connectivity index (χ1n) is 5.28. The van der Waals surface area contributed by atoms with Crippen LogP contribution in [0.2, 0.25) is 0 Å². The normalized spacial score (nSPS) is 19.1. The maximum atomic E-state index is 5.54. The van der Waals surface area contributed by atoms with Gasteiger partial charge in [-0.2, -0.15) is 0 Å². The molecule has 1 heterocycles. The predicted molar refractivity (Wildman–Crippen MR) is 67.2 cm³/mol. The maximum Gasteiger partial charge on any atom is 0.0722 e. The first-order valence-corrected chi connectivity index (χ1v) is 6.20. The monoisotopic (exact) mass is 266 g/mol. The second-order valence-corrected chi connectivity index (χ2v) is 5.16. The van der Waals surface area contributed by atoms with E-state index in [0.29, 0.717) is 4.83 Å². The van der Waals surface area contributed by atoms with Gasteiger partial charge in [0.15, 0.2) is 0 Å². The van der Waals surface area contributed by atoms with Crippen LogP contribution in [0.1, 0.15) is 18.9 Å². The highest BCUT2D eigenvalue weighted by Gasteiger charge is 2.17. The topological polar surface area (TPSA) is 9.23 Å². The molecule has 0 bridgehead atoms. The molecule has 1 aromatic carbocycles. The Kier molecular flexibility index (Phi) is 3.60. The van der Waals surface area contributed by atoms with Crippen molar-refractivity contribution in [3.8, 4) is 0 Å². The number of hydrogen-bond acceptors (Lipinski definition) is 1. The van der Waals surface area contributed by atoms with Crippen LogP contribution < -0.4 is 0 Å². The van der Waals surface area contributed by atoms with Gasteiger partial charge in [-0.1, -0.05) is 46.3 Å². The SMILES string of the molecule is CC(Br)C1=C(c2ccccc2)COCC1. The van der Waals surface area contributed by atoms with Gasteiger partial charge >= 0.3 is 0 Å². The summed E-state index contributed by atoms with van der Waals surface area (Å²) in [5.74, 6) is 0. The molecular formula is C13H15BrO. The third-order valence-corrected chi connectivity index (χ3v) is 3.30. The molecule has 2 heteroatoms. The zero-order chi connectivity index (χ0) is 10.7. The zero-order valence-electron chi connectivity index (χ0n) is 8.87. The summed E-state index contributed by atoms with van der Waals surface area (Å²) in [6.07, 6.45) is 1.04. The van der Waals surface area contributed by atoms with E-state index < -0.39 is 0 Å². The molecule has 1 aliphatic heterocycles. The summed E-state index contributed by atoms with van der Waals surface area (Å²) in [6.45, 7) is 3.78. The molecule has 0 saturated heterocycles. The Labute approximate surface area is 99.3 Å².